The Hall–Kier alpha value is -2.28. The summed E-state index contributed by atoms with van der Waals surface area (Å²) in [5.74, 6) is 0.810. The predicted octanol–water partition coefficient (Wildman–Crippen LogP) is 1.52. The average molecular weight is 273 g/mol. The predicted molar refractivity (Wildman–Crippen MR) is 72.1 cm³/mol. The van der Waals surface area contributed by atoms with Crippen molar-refractivity contribution in [1.29, 1.82) is 0 Å². The number of nitrogens with zero attached hydrogens (tertiary/aromatic N) is 5. The van der Waals surface area contributed by atoms with Gasteiger partial charge >= 0.3 is 0 Å². The summed E-state index contributed by atoms with van der Waals surface area (Å²) in [7, 11) is 1.89. The Labute approximate surface area is 116 Å². The van der Waals surface area contributed by atoms with Crippen LogP contribution in [0.4, 0.5) is 5.69 Å². The van der Waals surface area contributed by atoms with E-state index in [1.54, 1.807) is 18.5 Å². The van der Waals surface area contributed by atoms with Crippen molar-refractivity contribution in [3.63, 3.8) is 0 Å². The topological polar surface area (TPSA) is 77.1 Å². The van der Waals surface area contributed by atoms with Crippen molar-refractivity contribution in [2.45, 2.75) is 12.5 Å². The number of benzene rings is 1. The first kappa shape index (κ1) is 12.7. The minimum atomic E-state index is -0.368. The van der Waals surface area contributed by atoms with Gasteiger partial charge in [-0.1, -0.05) is 12.1 Å². The van der Waals surface area contributed by atoms with E-state index in [4.69, 9.17) is 0 Å². The number of non-ortho nitro benzene ring substituents is 1. The SMILES string of the molecule is Cn1cnnc1C(c1cccc([N+](=O)[O-])c1)N1CCC1. The lowest BCUT2D eigenvalue weighted by Crippen LogP contribution is -2.41. The zero-order chi connectivity index (χ0) is 14.1. The summed E-state index contributed by atoms with van der Waals surface area (Å²) in [6, 6.07) is 6.68. The smallest absolute Gasteiger partial charge is 0.269 e. The number of aryl methyl sites for hydroxylation is 1. The van der Waals surface area contributed by atoms with Crippen LogP contribution in [0.2, 0.25) is 0 Å². The fourth-order valence-electron chi connectivity index (χ4n) is 2.47. The molecule has 0 aliphatic carbocycles. The van der Waals surface area contributed by atoms with Crippen molar-refractivity contribution in [3.8, 4) is 0 Å². The molecule has 0 spiro atoms. The Balaban J connectivity index is 2.03. The Morgan fingerprint density at radius 1 is 1.40 bits per heavy atom. The summed E-state index contributed by atoms with van der Waals surface area (Å²) in [6.45, 7) is 1.94. The van der Waals surface area contributed by atoms with Gasteiger partial charge in [-0.2, -0.15) is 0 Å². The highest BCUT2D eigenvalue weighted by Crippen LogP contribution is 2.32. The van der Waals surface area contributed by atoms with Crippen LogP contribution in [0.3, 0.4) is 0 Å². The number of nitro benzene ring substituents is 1. The van der Waals surface area contributed by atoms with Crippen LogP contribution in [0.1, 0.15) is 23.9 Å². The van der Waals surface area contributed by atoms with E-state index >= 15 is 0 Å². The lowest BCUT2D eigenvalue weighted by molar-refractivity contribution is -0.384. The van der Waals surface area contributed by atoms with Crippen LogP contribution < -0.4 is 0 Å². The van der Waals surface area contributed by atoms with Crippen molar-refractivity contribution in [2.75, 3.05) is 13.1 Å². The molecule has 0 N–H and O–H groups in total. The van der Waals surface area contributed by atoms with Gasteiger partial charge in [0.05, 0.1) is 11.0 Å². The van der Waals surface area contributed by atoms with Gasteiger partial charge in [0.2, 0.25) is 0 Å². The summed E-state index contributed by atoms with van der Waals surface area (Å²) in [4.78, 5) is 12.8. The van der Waals surface area contributed by atoms with E-state index in [9.17, 15) is 10.1 Å². The third-order valence-corrected chi connectivity index (χ3v) is 3.64. The summed E-state index contributed by atoms with van der Waals surface area (Å²) in [6.07, 6.45) is 2.79. The molecule has 1 unspecified atom stereocenters. The van der Waals surface area contributed by atoms with E-state index in [2.05, 4.69) is 15.1 Å². The summed E-state index contributed by atoms with van der Waals surface area (Å²) >= 11 is 0. The highest BCUT2D eigenvalue weighted by Gasteiger charge is 2.30. The number of aromatic nitrogens is 3. The molecule has 0 radical (unpaired) electrons. The molecule has 1 aromatic carbocycles. The van der Waals surface area contributed by atoms with Crippen molar-refractivity contribution < 1.29 is 4.92 Å². The Morgan fingerprint density at radius 3 is 2.75 bits per heavy atom. The third kappa shape index (κ3) is 2.16. The van der Waals surface area contributed by atoms with Crippen molar-refractivity contribution in [2.24, 2.45) is 7.05 Å². The molecule has 0 saturated carbocycles. The van der Waals surface area contributed by atoms with Gasteiger partial charge in [0.1, 0.15) is 6.33 Å². The van der Waals surface area contributed by atoms with Crippen molar-refractivity contribution in [1.82, 2.24) is 19.7 Å². The molecule has 0 bridgehead atoms. The molecule has 104 valence electrons. The van der Waals surface area contributed by atoms with Gasteiger partial charge in [-0.3, -0.25) is 15.0 Å². The molecule has 1 aliphatic rings. The highest BCUT2D eigenvalue weighted by atomic mass is 16.6. The molecule has 1 aromatic heterocycles. The average Bonchev–Trinajstić information content (AvgIpc) is 2.79. The molecule has 1 fully saturated rings. The standard InChI is InChI=1S/C13H15N5O2/c1-16-9-14-15-13(16)12(17-6-3-7-17)10-4-2-5-11(8-10)18(19)20/h2,4-5,8-9,12H,3,6-7H2,1H3. The van der Waals surface area contributed by atoms with Crippen molar-refractivity contribution >= 4 is 5.69 Å². The van der Waals surface area contributed by atoms with Crippen molar-refractivity contribution in [3.05, 3.63) is 52.1 Å². The monoisotopic (exact) mass is 273 g/mol. The maximum Gasteiger partial charge on any atom is 0.269 e. The molecule has 3 rings (SSSR count). The van der Waals surface area contributed by atoms with Gasteiger partial charge in [-0.05, 0) is 12.0 Å². The second-order valence-corrected chi connectivity index (χ2v) is 4.94. The van der Waals surface area contributed by atoms with Gasteiger partial charge in [0.15, 0.2) is 5.82 Å². The molecule has 20 heavy (non-hydrogen) atoms. The zero-order valence-corrected chi connectivity index (χ0v) is 11.1. The first-order chi connectivity index (χ1) is 9.66. The van der Waals surface area contributed by atoms with Crippen LogP contribution in [0.15, 0.2) is 30.6 Å². The van der Waals surface area contributed by atoms with Crippen LogP contribution in [0.5, 0.6) is 0 Å². The zero-order valence-electron chi connectivity index (χ0n) is 11.1. The minimum absolute atomic E-state index is 0.0730. The molecular formula is C13H15N5O2. The highest BCUT2D eigenvalue weighted by molar-refractivity contribution is 5.38. The van der Waals surface area contributed by atoms with E-state index in [0.29, 0.717) is 0 Å². The quantitative estimate of drug-likeness (QED) is 0.623. The number of hydrogen-bond donors (Lipinski definition) is 0. The van der Waals surface area contributed by atoms with Gasteiger partial charge in [0.25, 0.3) is 5.69 Å². The number of hydrogen-bond acceptors (Lipinski definition) is 5. The van der Waals surface area contributed by atoms with Gasteiger partial charge < -0.3 is 4.57 Å². The lowest BCUT2D eigenvalue weighted by Gasteiger charge is -2.37. The van der Waals surface area contributed by atoms with Crippen LogP contribution in [0, 0.1) is 10.1 Å². The molecule has 1 saturated heterocycles. The maximum atomic E-state index is 10.9. The second kappa shape index (κ2) is 5.01. The van der Waals surface area contributed by atoms with Crippen LogP contribution in [-0.2, 0) is 7.05 Å². The number of nitro groups is 1. The van der Waals surface area contributed by atoms with Gasteiger partial charge in [-0.15, -0.1) is 10.2 Å². The molecule has 2 aromatic rings. The van der Waals surface area contributed by atoms with Gasteiger partial charge in [-0.25, -0.2) is 0 Å². The molecule has 7 heteroatoms. The Kier molecular flexibility index (Phi) is 3.19. The fraction of sp³-hybridized carbons (Fsp3) is 0.385. The van der Waals surface area contributed by atoms with Gasteiger partial charge in [0, 0.05) is 32.3 Å². The maximum absolute atomic E-state index is 10.9. The second-order valence-electron chi connectivity index (χ2n) is 4.94. The largest absolute Gasteiger partial charge is 0.319 e. The first-order valence-electron chi connectivity index (χ1n) is 6.49. The fourth-order valence-corrected chi connectivity index (χ4v) is 2.47. The number of rotatable bonds is 4. The number of likely N-dealkylation sites (tertiary alicyclic amines) is 1. The molecule has 1 aliphatic heterocycles. The van der Waals surface area contributed by atoms with E-state index in [-0.39, 0.29) is 16.7 Å². The lowest BCUT2D eigenvalue weighted by atomic mass is 10.0. The normalized spacial score (nSPS) is 16.6. The summed E-state index contributed by atoms with van der Waals surface area (Å²) in [5.41, 5.74) is 0.991. The molecular weight excluding hydrogens is 258 g/mol. The molecule has 2 heterocycles. The molecule has 0 amide bonds. The first-order valence-corrected chi connectivity index (χ1v) is 6.49. The van der Waals surface area contributed by atoms with E-state index in [1.165, 1.54) is 6.07 Å². The molecule has 7 nitrogen and oxygen atoms in total. The summed E-state index contributed by atoms with van der Waals surface area (Å²) < 4.78 is 1.86. The molecule has 1 atom stereocenters. The van der Waals surface area contributed by atoms with Crippen LogP contribution >= 0.6 is 0 Å². The Bertz CT molecular complexity index is 635. The Morgan fingerprint density at radius 2 is 2.20 bits per heavy atom. The summed E-state index contributed by atoms with van der Waals surface area (Å²) in [5, 5.41) is 19.0. The van der Waals surface area contributed by atoms with Crippen LogP contribution in [0.25, 0.3) is 0 Å². The van der Waals surface area contributed by atoms with E-state index in [0.717, 1.165) is 30.9 Å². The van der Waals surface area contributed by atoms with Crippen LogP contribution in [-0.4, -0.2) is 37.7 Å². The van der Waals surface area contributed by atoms with E-state index < -0.39 is 0 Å². The minimum Gasteiger partial charge on any atom is -0.319 e. The third-order valence-electron chi connectivity index (χ3n) is 3.64. The van der Waals surface area contributed by atoms with E-state index in [1.807, 2.05) is 17.7 Å².